The summed E-state index contributed by atoms with van der Waals surface area (Å²) in [5, 5.41) is 2.95. The highest BCUT2D eigenvalue weighted by Crippen LogP contribution is 2.19. The molecule has 0 bridgehead atoms. The first-order valence-corrected chi connectivity index (χ1v) is 6.05. The van der Waals surface area contributed by atoms with Crippen LogP contribution in [-0.2, 0) is 0 Å². The summed E-state index contributed by atoms with van der Waals surface area (Å²) in [4.78, 5) is 8.88. The van der Waals surface area contributed by atoms with Crippen molar-refractivity contribution in [3.8, 4) is 11.3 Å². The maximum absolute atomic E-state index is 4.58. The first-order chi connectivity index (χ1) is 9.26. The van der Waals surface area contributed by atoms with Gasteiger partial charge in [-0.1, -0.05) is 12.6 Å². The lowest BCUT2D eigenvalue weighted by atomic mass is 10.2. The molecule has 0 aliphatic heterocycles. The van der Waals surface area contributed by atoms with Crippen molar-refractivity contribution >= 4 is 11.5 Å². The lowest BCUT2D eigenvalue weighted by Crippen LogP contribution is -1.90. The lowest BCUT2D eigenvalue weighted by molar-refractivity contribution is 1.16. The molecule has 0 atom stereocenters. The Kier molecular flexibility index (Phi) is 2.76. The molecule has 0 fully saturated rings. The van der Waals surface area contributed by atoms with Crippen LogP contribution in [0.15, 0.2) is 55.6 Å². The van der Waals surface area contributed by atoms with Gasteiger partial charge in [0, 0.05) is 24.2 Å². The maximum Gasteiger partial charge on any atom is 0.137 e. The fraction of sp³-hybridized carbons (Fsp3) is 0.0667. The van der Waals surface area contributed by atoms with Gasteiger partial charge in [-0.05, 0) is 36.9 Å². The molecule has 0 spiro atoms. The van der Waals surface area contributed by atoms with Crippen LogP contribution in [-0.4, -0.2) is 14.4 Å². The summed E-state index contributed by atoms with van der Waals surface area (Å²) >= 11 is 0. The number of imidazole rings is 1. The fourth-order valence-electron chi connectivity index (χ4n) is 1.98. The van der Waals surface area contributed by atoms with Gasteiger partial charge in [0.1, 0.15) is 11.5 Å². The SMILES string of the molecule is C=CNc1ccc(-c2cn3cc(C)ccc3n2)cn1. The Bertz CT molecular complexity index is 725. The summed E-state index contributed by atoms with van der Waals surface area (Å²) < 4.78 is 2.03. The number of rotatable bonds is 3. The van der Waals surface area contributed by atoms with Crippen LogP contribution in [0.25, 0.3) is 16.9 Å². The monoisotopic (exact) mass is 250 g/mol. The van der Waals surface area contributed by atoms with Gasteiger partial charge in [-0.15, -0.1) is 0 Å². The molecule has 4 nitrogen and oxygen atoms in total. The van der Waals surface area contributed by atoms with Gasteiger partial charge in [0.05, 0.1) is 5.69 Å². The maximum atomic E-state index is 4.58. The molecule has 0 saturated heterocycles. The Balaban J connectivity index is 2.01. The largest absolute Gasteiger partial charge is 0.347 e. The minimum Gasteiger partial charge on any atom is -0.347 e. The number of fused-ring (bicyclic) bond motifs is 1. The van der Waals surface area contributed by atoms with Crippen molar-refractivity contribution in [2.24, 2.45) is 0 Å². The number of nitrogens with zero attached hydrogens (tertiary/aromatic N) is 3. The molecule has 0 aliphatic carbocycles. The normalized spacial score (nSPS) is 10.6. The predicted molar refractivity (Wildman–Crippen MR) is 77.0 cm³/mol. The van der Waals surface area contributed by atoms with Gasteiger partial charge in [-0.3, -0.25) is 0 Å². The average Bonchev–Trinajstić information content (AvgIpc) is 2.83. The number of hydrogen-bond donors (Lipinski definition) is 1. The Hall–Kier alpha value is -2.62. The van der Waals surface area contributed by atoms with E-state index in [4.69, 9.17) is 0 Å². The van der Waals surface area contributed by atoms with Gasteiger partial charge >= 0.3 is 0 Å². The third kappa shape index (κ3) is 2.20. The highest BCUT2D eigenvalue weighted by atomic mass is 15.0. The van der Waals surface area contributed by atoms with Crippen LogP contribution in [0, 0.1) is 6.92 Å². The molecule has 4 heteroatoms. The molecule has 3 rings (SSSR count). The molecule has 3 aromatic heterocycles. The van der Waals surface area contributed by atoms with Gasteiger partial charge in [0.25, 0.3) is 0 Å². The molecule has 94 valence electrons. The summed E-state index contributed by atoms with van der Waals surface area (Å²) in [6.07, 6.45) is 7.49. The zero-order chi connectivity index (χ0) is 13.2. The van der Waals surface area contributed by atoms with Crippen LogP contribution in [0.3, 0.4) is 0 Å². The van der Waals surface area contributed by atoms with Crippen LogP contribution in [0.1, 0.15) is 5.56 Å². The number of anilines is 1. The van der Waals surface area contributed by atoms with E-state index >= 15 is 0 Å². The van der Waals surface area contributed by atoms with Gasteiger partial charge in [0.2, 0.25) is 0 Å². The van der Waals surface area contributed by atoms with E-state index in [0.717, 1.165) is 22.7 Å². The minimum absolute atomic E-state index is 0.776. The molecule has 0 saturated carbocycles. The second-order valence-electron chi connectivity index (χ2n) is 4.38. The molecule has 0 radical (unpaired) electrons. The Morgan fingerprint density at radius 2 is 2.11 bits per heavy atom. The van der Waals surface area contributed by atoms with E-state index in [1.165, 1.54) is 5.56 Å². The number of aromatic nitrogens is 3. The topological polar surface area (TPSA) is 42.2 Å². The number of nitrogens with one attached hydrogen (secondary N) is 1. The summed E-state index contributed by atoms with van der Waals surface area (Å²) in [6.45, 7) is 5.67. The van der Waals surface area contributed by atoms with Crippen LogP contribution in [0.5, 0.6) is 0 Å². The minimum atomic E-state index is 0.776. The van der Waals surface area contributed by atoms with Crippen molar-refractivity contribution in [2.75, 3.05) is 5.32 Å². The first kappa shape index (κ1) is 11.5. The van der Waals surface area contributed by atoms with Gasteiger partial charge < -0.3 is 9.72 Å². The molecule has 3 heterocycles. The zero-order valence-corrected chi connectivity index (χ0v) is 10.7. The third-order valence-corrected chi connectivity index (χ3v) is 2.91. The van der Waals surface area contributed by atoms with E-state index in [0.29, 0.717) is 0 Å². The first-order valence-electron chi connectivity index (χ1n) is 6.05. The quantitative estimate of drug-likeness (QED) is 0.775. The van der Waals surface area contributed by atoms with Crippen molar-refractivity contribution in [1.29, 1.82) is 0 Å². The van der Waals surface area contributed by atoms with E-state index in [1.54, 1.807) is 12.4 Å². The van der Waals surface area contributed by atoms with Gasteiger partial charge in [-0.2, -0.15) is 0 Å². The molecule has 0 amide bonds. The second-order valence-corrected chi connectivity index (χ2v) is 4.38. The van der Waals surface area contributed by atoms with Crippen LogP contribution in [0.4, 0.5) is 5.82 Å². The Morgan fingerprint density at radius 3 is 2.84 bits per heavy atom. The van der Waals surface area contributed by atoms with E-state index < -0.39 is 0 Å². The Labute approximate surface area is 111 Å². The number of hydrogen-bond acceptors (Lipinski definition) is 3. The summed E-state index contributed by atoms with van der Waals surface area (Å²) in [7, 11) is 0. The van der Waals surface area contributed by atoms with Crippen molar-refractivity contribution in [1.82, 2.24) is 14.4 Å². The van der Waals surface area contributed by atoms with Crippen LogP contribution in [0.2, 0.25) is 0 Å². The summed E-state index contributed by atoms with van der Waals surface area (Å²) in [5.41, 5.74) is 4.06. The molecule has 0 unspecified atom stereocenters. The van der Waals surface area contributed by atoms with E-state index in [1.807, 2.05) is 28.8 Å². The highest BCUT2D eigenvalue weighted by molar-refractivity contribution is 5.63. The molecule has 3 aromatic rings. The van der Waals surface area contributed by atoms with Crippen molar-refractivity contribution in [2.45, 2.75) is 6.92 Å². The fourth-order valence-corrected chi connectivity index (χ4v) is 1.98. The van der Waals surface area contributed by atoms with E-state index in [-0.39, 0.29) is 0 Å². The molecular weight excluding hydrogens is 236 g/mol. The molecule has 0 aromatic carbocycles. The molecule has 0 aliphatic rings. The molecule has 19 heavy (non-hydrogen) atoms. The zero-order valence-electron chi connectivity index (χ0n) is 10.7. The van der Waals surface area contributed by atoms with E-state index in [2.05, 4.69) is 41.1 Å². The smallest absolute Gasteiger partial charge is 0.137 e. The van der Waals surface area contributed by atoms with Crippen molar-refractivity contribution in [3.63, 3.8) is 0 Å². The van der Waals surface area contributed by atoms with Crippen molar-refractivity contribution < 1.29 is 0 Å². The number of aryl methyl sites for hydroxylation is 1. The van der Waals surface area contributed by atoms with Crippen LogP contribution < -0.4 is 5.32 Å². The Morgan fingerprint density at radius 1 is 1.21 bits per heavy atom. The number of pyridine rings is 2. The predicted octanol–water partition coefficient (Wildman–Crippen LogP) is 3.26. The standard InChI is InChI=1S/C15H14N4/c1-3-16-14-6-5-12(8-17-14)13-10-19-9-11(2)4-7-15(19)18-13/h3-10H,1H2,2H3,(H,16,17). The summed E-state index contributed by atoms with van der Waals surface area (Å²) in [6, 6.07) is 7.97. The van der Waals surface area contributed by atoms with Gasteiger partial charge in [0.15, 0.2) is 0 Å². The lowest BCUT2D eigenvalue weighted by Gasteiger charge is -1.99. The second kappa shape index (κ2) is 4.57. The molecular formula is C15H14N4. The van der Waals surface area contributed by atoms with Gasteiger partial charge in [-0.25, -0.2) is 9.97 Å². The van der Waals surface area contributed by atoms with E-state index in [9.17, 15) is 0 Å². The van der Waals surface area contributed by atoms with Crippen molar-refractivity contribution in [3.05, 3.63) is 61.2 Å². The molecule has 1 N–H and O–H groups in total. The summed E-state index contributed by atoms with van der Waals surface area (Å²) in [5.74, 6) is 0.776. The average molecular weight is 250 g/mol. The van der Waals surface area contributed by atoms with Crippen LogP contribution >= 0.6 is 0 Å². The highest BCUT2D eigenvalue weighted by Gasteiger charge is 2.04. The third-order valence-electron chi connectivity index (χ3n) is 2.91.